The first-order valence-electron chi connectivity index (χ1n) is 4.73. The van der Waals surface area contributed by atoms with Crippen LogP contribution in [0.2, 0.25) is 0 Å². The van der Waals surface area contributed by atoms with Gasteiger partial charge in [-0.2, -0.15) is 5.26 Å². The van der Waals surface area contributed by atoms with E-state index in [4.69, 9.17) is 14.7 Å². The van der Waals surface area contributed by atoms with Crippen molar-refractivity contribution in [2.24, 2.45) is 0 Å². The minimum atomic E-state index is 0.610. The number of ether oxygens (including phenoxy) is 2. The first-order chi connectivity index (χ1) is 7.24. The second kappa shape index (κ2) is 4.11. The normalized spacial score (nSPS) is 14.2. The van der Waals surface area contributed by atoms with E-state index in [1.807, 2.05) is 6.92 Å². The van der Waals surface area contributed by atoms with Crippen molar-refractivity contribution in [2.45, 2.75) is 13.3 Å². The van der Waals surface area contributed by atoms with E-state index in [1.54, 1.807) is 6.07 Å². The molecule has 0 fully saturated rings. The van der Waals surface area contributed by atoms with Gasteiger partial charge in [0.15, 0.2) is 11.5 Å². The molecule has 0 unspecified atom stereocenters. The van der Waals surface area contributed by atoms with Crippen LogP contribution in [0.15, 0.2) is 10.5 Å². The average Bonchev–Trinajstić information content (AvgIpc) is 2.43. The summed E-state index contributed by atoms with van der Waals surface area (Å²) in [6.07, 6.45) is 0.869. The fourth-order valence-electron chi connectivity index (χ4n) is 1.57. The van der Waals surface area contributed by atoms with Gasteiger partial charge in [0.25, 0.3) is 0 Å². The van der Waals surface area contributed by atoms with Crippen molar-refractivity contribution in [1.29, 1.82) is 5.26 Å². The molecule has 0 amide bonds. The van der Waals surface area contributed by atoms with E-state index in [2.05, 4.69) is 22.0 Å². The van der Waals surface area contributed by atoms with Crippen LogP contribution in [0, 0.1) is 18.3 Å². The summed E-state index contributed by atoms with van der Waals surface area (Å²) in [6, 6.07) is 3.95. The van der Waals surface area contributed by atoms with Crippen LogP contribution in [0.4, 0.5) is 0 Å². The van der Waals surface area contributed by atoms with Crippen LogP contribution in [-0.2, 0) is 0 Å². The fraction of sp³-hybridized carbons (Fsp3) is 0.364. The highest BCUT2D eigenvalue weighted by molar-refractivity contribution is 9.10. The molecule has 1 heterocycles. The van der Waals surface area contributed by atoms with Crippen LogP contribution in [0.1, 0.15) is 17.5 Å². The molecular formula is C11H10BrNO2. The summed E-state index contributed by atoms with van der Waals surface area (Å²) in [6.45, 7) is 3.17. The zero-order valence-electron chi connectivity index (χ0n) is 8.34. The summed E-state index contributed by atoms with van der Waals surface area (Å²) in [4.78, 5) is 0. The molecule has 3 nitrogen and oxygen atoms in total. The van der Waals surface area contributed by atoms with Crippen LogP contribution >= 0.6 is 15.9 Å². The molecule has 1 aliphatic heterocycles. The van der Waals surface area contributed by atoms with Gasteiger partial charge in [-0.1, -0.05) is 0 Å². The molecule has 0 saturated heterocycles. The number of halogens is 1. The lowest BCUT2D eigenvalue weighted by atomic mass is 10.1. The highest BCUT2D eigenvalue weighted by Gasteiger charge is 2.18. The standard InChI is InChI=1S/C11H10BrNO2/c1-7-8(6-13)9(12)5-10-11(7)15-4-2-3-14-10/h5H,2-4H2,1H3. The molecule has 15 heavy (non-hydrogen) atoms. The Hall–Kier alpha value is -1.21. The van der Waals surface area contributed by atoms with Crippen LogP contribution in [0.5, 0.6) is 11.5 Å². The minimum Gasteiger partial charge on any atom is -0.490 e. The Labute approximate surface area is 96.7 Å². The minimum absolute atomic E-state index is 0.610. The van der Waals surface area contributed by atoms with Gasteiger partial charge in [0.05, 0.1) is 18.8 Å². The maximum Gasteiger partial charge on any atom is 0.165 e. The third-order valence-electron chi connectivity index (χ3n) is 2.34. The van der Waals surface area contributed by atoms with Gasteiger partial charge >= 0.3 is 0 Å². The molecular weight excluding hydrogens is 258 g/mol. The van der Waals surface area contributed by atoms with Crippen LogP contribution in [0.25, 0.3) is 0 Å². The van der Waals surface area contributed by atoms with Gasteiger partial charge < -0.3 is 9.47 Å². The van der Waals surface area contributed by atoms with Crippen LogP contribution < -0.4 is 9.47 Å². The molecule has 78 valence electrons. The lowest BCUT2D eigenvalue weighted by molar-refractivity contribution is 0.296. The van der Waals surface area contributed by atoms with E-state index in [0.29, 0.717) is 24.5 Å². The van der Waals surface area contributed by atoms with Crippen molar-refractivity contribution < 1.29 is 9.47 Å². The van der Waals surface area contributed by atoms with E-state index in [-0.39, 0.29) is 0 Å². The second-order valence-electron chi connectivity index (χ2n) is 3.35. The number of hydrogen-bond donors (Lipinski definition) is 0. The van der Waals surface area contributed by atoms with Gasteiger partial charge in [0.2, 0.25) is 0 Å². The molecule has 1 aliphatic rings. The Morgan fingerprint density at radius 1 is 1.40 bits per heavy atom. The zero-order valence-corrected chi connectivity index (χ0v) is 9.93. The van der Waals surface area contributed by atoms with E-state index >= 15 is 0 Å². The first kappa shape index (κ1) is 10.3. The Kier molecular flexibility index (Phi) is 2.83. The predicted molar refractivity (Wildman–Crippen MR) is 59.2 cm³/mol. The van der Waals surface area contributed by atoms with Gasteiger partial charge in [-0.15, -0.1) is 0 Å². The van der Waals surface area contributed by atoms with Gasteiger partial charge in [0.1, 0.15) is 6.07 Å². The number of benzene rings is 1. The SMILES string of the molecule is Cc1c(C#N)c(Br)cc2c1OCCCO2. The van der Waals surface area contributed by atoms with Gasteiger partial charge in [-0.3, -0.25) is 0 Å². The van der Waals surface area contributed by atoms with Crippen molar-refractivity contribution in [2.75, 3.05) is 13.2 Å². The summed E-state index contributed by atoms with van der Waals surface area (Å²) in [5.41, 5.74) is 1.45. The molecule has 1 aromatic rings. The predicted octanol–water partition coefficient (Wildman–Crippen LogP) is 2.79. The molecule has 0 aromatic heterocycles. The second-order valence-corrected chi connectivity index (χ2v) is 4.20. The highest BCUT2D eigenvalue weighted by Crippen LogP contribution is 2.38. The topological polar surface area (TPSA) is 42.2 Å². The van der Waals surface area contributed by atoms with Gasteiger partial charge in [-0.25, -0.2) is 0 Å². The number of fused-ring (bicyclic) bond motifs is 1. The quantitative estimate of drug-likeness (QED) is 0.726. The maximum absolute atomic E-state index is 8.99. The Morgan fingerprint density at radius 3 is 2.87 bits per heavy atom. The first-order valence-corrected chi connectivity index (χ1v) is 5.52. The summed E-state index contributed by atoms with van der Waals surface area (Å²) >= 11 is 3.35. The summed E-state index contributed by atoms with van der Waals surface area (Å²) in [7, 11) is 0. The summed E-state index contributed by atoms with van der Waals surface area (Å²) in [5, 5.41) is 8.99. The molecule has 0 atom stereocenters. The lowest BCUT2D eigenvalue weighted by Gasteiger charge is -2.12. The average molecular weight is 268 g/mol. The van der Waals surface area contributed by atoms with Crippen LogP contribution in [-0.4, -0.2) is 13.2 Å². The summed E-state index contributed by atoms with van der Waals surface area (Å²) < 4.78 is 11.9. The van der Waals surface area contributed by atoms with Gasteiger partial charge in [0, 0.05) is 16.5 Å². The van der Waals surface area contributed by atoms with E-state index in [1.165, 1.54) is 0 Å². The van der Waals surface area contributed by atoms with E-state index in [0.717, 1.165) is 22.2 Å². The molecule has 0 radical (unpaired) electrons. The lowest BCUT2D eigenvalue weighted by Crippen LogP contribution is -1.98. The maximum atomic E-state index is 8.99. The van der Waals surface area contributed by atoms with E-state index in [9.17, 15) is 0 Å². The van der Waals surface area contributed by atoms with Crippen molar-refractivity contribution in [3.63, 3.8) is 0 Å². The number of nitriles is 1. The molecule has 0 saturated carbocycles. The Morgan fingerprint density at radius 2 is 2.13 bits per heavy atom. The van der Waals surface area contributed by atoms with Crippen molar-refractivity contribution in [1.82, 2.24) is 0 Å². The van der Waals surface area contributed by atoms with Crippen molar-refractivity contribution in [3.05, 3.63) is 21.7 Å². The van der Waals surface area contributed by atoms with Gasteiger partial charge in [-0.05, 0) is 28.9 Å². The van der Waals surface area contributed by atoms with Crippen molar-refractivity contribution >= 4 is 15.9 Å². The molecule has 1 aromatic carbocycles. The van der Waals surface area contributed by atoms with E-state index < -0.39 is 0 Å². The van der Waals surface area contributed by atoms with Crippen molar-refractivity contribution in [3.8, 4) is 17.6 Å². The summed E-state index contributed by atoms with van der Waals surface area (Å²) in [5.74, 6) is 1.42. The Balaban J connectivity index is 2.60. The molecule has 2 rings (SSSR count). The van der Waals surface area contributed by atoms with Crippen LogP contribution in [0.3, 0.4) is 0 Å². The number of rotatable bonds is 0. The third kappa shape index (κ3) is 1.80. The highest BCUT2D eigenvalue weighted by atomic mass is 79.9. The smallest absolute Gasteiger partial charge is 0.165 e. The molecule has 0 bridgehead atoms. The molecule has 0 N–H and O–H groups in total. The number of hydrogen-bond acceptors (Lipinski definition) is 3. The zero-order chi connectivity index (χ0) is 10.8. The molecule has 0 aliphatic carbocycles. The molecule has 0 spiro atoms. The Bertz CT molecular complexity index is 437. The largest absolute Gasteiger partial charge is 0.490 e. The number of nitrogens with zero attached hydrogens (tertiary/aromatic N) is 1. The fourth-order valence-corrected chi connectivity index (χ4v) is 2.16. The monoisotopic (exact) mass is 267 g/mol. The third-order valence-corrected chi connectivity index (χ3v) is 2.97. The molecule has 4 heteroatoms.